The molecule has 208 valence electrons. The van der Waals surface area contributed by atoms with E-state index in [1.807, 2.05) is 13.0 Å². The molecule has 0 saturated carbocycles. The first-order valence-corrected chi connectivity index (χ1v) is 12.4. The SMILES string of the molecule is Cc1nnn(Cc2cc(C(F)(F)F)ccc2/C=C/C(=O)N2CCN(Cc3ccc(OCCF)cn3)C[C@H]2C)n1. The average Bonchev–Trinajstić information content (AvgIpc) is 3.31. The Morgan fingerprint density at radius 3 is 2.64 bits per heavy atom. The smallest absolute Gasteiger partial charge is 0.416 e. The minimum Gasteiger partial charge on any atom is -0.489 e. The number of ether oxygens (including phenoxy) is 1. The van der Waals surface area contributed by atoms with Crippen molar-refractivity contribution in [1.29, 1.82) is 0 Å². The number of hydrogen-bond donors (Lipinski definition) is 0. The highest BCUT2D eigenvalue weighted by Gasteiger charge is 2.31. The number of aryl methyl sites for hydroxylation is 1. The standard InChI is InChI=1S/C26H29F4N7O2/c1-18-15-35(17-23-6-7-24(14-31-23)39-12-9-27)10-11-36(18)25(38)8-4-20-3-5-22(26(28,29)30)13-21(20)16-37-33-19(2)32-34-37/h3-8,13-14,18H,9-12,15-17H2,1-2H3/b8-4+/t18-/m1/s1. The summed E-state index contributed by atoms with van der Waals surface area (Å²) in [6.07, 6.45) is -0.0317. The zero-order valence-corrected chi connectivity index (χ0v) is 21.6. The van der Waals surface area contributed by atoms with E-state index in [1.54, 1.807) is 24.1 Å². The monoisotopic (exact) mass is 547 g/mol. The van der Waals surface area contributed by atoms with E-state index in [2.05, 4.69) is 25.3 Å². The summed E-state index contributed by atoms with van der Waals surface area (Å²) in [7, 11) is 0. The quantitative estimate of drug-likeness (QED) is 0.299. The molecule has 3 aromatic rings. The van der Waals surface area contributed by atoms with Crippen LogP contribution in [0.3, 0.4) is 0 Å². The van der Waals surface area contributed by atoms with Gasteiger partial charge in [0.15, 0.2) is 5.82 Å². The third-order valence-electron chi connectivity index (χ3n) is 6.26. The van der Waals surface area contributed by atoms with Crippen LogP contribution >= 0.6 is 0 Å². The first kappa shape index (κ1) is 28.1. The van der Waals surface area contributed by atoms with Gasteiger partial charge in [-0.25, -0.2) is 4.39 Å². The van der Waals surface area contributed by atoms with Crippen molar-refractivity contribution in [2.24, 2.45) is 0 Å². The molecule has 13 heteroatoms. The highest BCUT2D eigenvalue weighted by atomic mass is 19.4. The Kier molecular flexibility index (Phi) is 8.90. The van der Waals surface area contributed by atoms with Crippen molar-refractivity contribution in [1.82, 2.24) is 35.0 Å². The molecule has 1 fully saturated rings. The molecule has 0 N–H and O–H groups in total. The van der Waals surface area contributed by atoms with E-state index in [9.17, 15) is 22.4 Å². The van der Waals surface area contributed by atoms with Crippen molar-refractivity contribution in [3.8, 4) is 5.75 Å². The number of carbonyl (C=O) groups is 1. The molecular weight excluding hydrogens is 518 g/mol. The fourth-order valence-electron chi connectivity index (χ4n) is 4.36. The van der Waals surface area contributed by atoms with Gasteiger partial charge in [-0.05, 0) is 60.5 Å². The van der Waals surface area contributed by atoms with E-state index in [4.69, 9.17) is 4.74 Å². The molecule has 4 rings (SSSR count). The maximum absolute atomic E-state index is 13.3. The van der Waals surface area contributed by atoms with Gasteiger partial charge in [-0.3, -0.25) is 14.7 Å². The maximum atomic E-state index is 13.3. The van der Waals surface area contributed by atoms with E-state index < -0.39 is 18.4 Å². The number of hydrogen-bond acceptors (Lipinski definition) is 7. The van der Waals surface area contributed by atoms with Crippen molar-refractivity contribution in [3.63, 3.8) is 0 Å². The van der Waals surface area contributed by atoms with E-state index >= 15 is 0 Å². The summed E-state index contributed by atoms with van der Waals surface area (Å²) in [5.74, 6) is 0.684. The Morgan fingerprint density at radius 2 is 2.00 bits per heavy atom. The molecule has 0 bridgehead atoms. The van der Waals surface area contributed by atoms with Gasteiger partial charge in [-0.15, -0.1) is 10.2 Å². The number of nitrogens with zero attached hydrogens (tertiary/aromatic N) is 7. The third kappa shape index (κ3) is 7.59. The number of benzene rings is 1. The lowest BCUT2D eigenvalue weighted by atomic mass is 10.0. The number of alkyl halides is 4. The molecule has 1 atom stereocenters. The second-order valence-electron chi connectivity index (χ2n) is 9.25. The van der Waals surface area contributed by atoms with Crippen LogP contribution in [0.4, 0.5) is 17.6 Å². The molecule has 0 unspecified atom stereocenters. The summed E-state index contributed by atoms with van der Waals surface area (Å²) in [6, 6.07) is 6.87. The van der Waals surface area contributed by atoms with Crippen molar-refractivity contribution in [2.45, 2.75) is 39.2 Å². The van der Waals surface area contributed by atoms with Gasteiger partial charge in [0, 0.05) is 38.3 Å². The van der Waals surface area contributed by atoms with Gasteiger partial charge in [0.2, 0.25) is 5.91 Å². The topological polar surface area (TPSA) is 89.3 Å². The number of rotatable bonds is 9. The molecule has 39 heavy (non-hydrogen) atoms. The van der Waals surface area contributed by atoms with Crippen LogP contribution in [-0.4, -0.2) is 79.9 Å². The van der Waals surface area contributed by atoms with Crippen LogP contribution in [-0.2, 0) is 24.1 Å². The van der Waals surface area contributed by atoms with Gasteiger partial charge in [0.05, 0.1) is 24.0 Å². The summed E-state index contributed by atoms with van der Waals surface area (Å²) in [5, 5.41) is 11.7. The van der Waals surface area contributed by atoms with Crippen LogP contribution in [0.1, 0.15) is 35.1 Å². The predicted molar refractivity (Wildman–Crippen MR) is 134 cm³/mol. The van der Waals surface area contributed by atoms with Crippen molar-refractivity contribution < 1.29 is 27.1 Å². The summed E-state index contributed by atoms with van der Waals surface area (Å²) < 4.78 is 57.4. The first-order chi connectivity index (χ1) is 18.6. The summed E-state index contributed by atoms with van der Waals surface area (Å²) >= 11 is 0. The molecule has 3 heterocycles. The molecule has 9 nitrogen and oxygen atoms in total. The van der Waals surface area contributed by atoms with Crippen LogP contribution in [0.25, 0.3) is 6.08 Å². The largest absolute Gasteiger partial charge is 0.489 e. The molecule has 0 radical (unpaired) electrons. The zero-order chi connectivity index (χ0) is 28.0. The third-order valence-corrected chi connectivity index (χ3v) is 6.26. The van der Waals surface area contributed by atoms with Crippen molar-refractivity contribution in [2.75, 3.05) is 32.9 Å². The van der Waals surface area contributed by atoms with Crippen LogP contribution in [0.15, 0.2) is 42.6 Å². The lowest BCUT2D eigenvalue weighted by molar-refractivity contribution is -0.137. The van der Waals surface area contributed by atoms with Crippen LogP contribution in [0.5, 0.6) is 5.75 Å². The molecule has 0 spiro atoms. The molecular formula is C26H29F4N7O2. The van der Waals surface area contributed by atoms with Crippen molar-refractivity contribution in [3.05, 3.63) is 70.8 Å². The lowest BCUT2D eigenvalue weighted by Gasteiger charge is -2.39. The molecule has 1 aliphatic heterocycles. The van der Waals surface area contributed by atoms with E-state index in [0.717, 1.165) is 17.8 Å². The molecule has 1 aromatic carbocycles. The minimum atomic E-state index is -4.51. The molecule has 1 aliphatic rings. The number of pyridine rings is 1. The maximum Gasteiger partial charge on any atom is 0.416 e. The molecule has 1 amide bonds. The number of aromatic nitrogens is 5. The van der Waals surface area contributed by atoms with Crippen molar-refractivity contribution >= 4 is 12.0 Å². The van der Waals surface area contributed by atoms with E-state index in [0.29, 0.717) is 48.9 Å². The first-order valence-electron chi connectivity index (χ1n) is 12.4. The molecule has 0 aliphatic carbocycles. The zero-order valence-electron chi connectivity index (χ0n) is 21.6. The highest BCUT2D eigenvalue weighted by Crippen LogP contribution is 2.31. The highest BCUT2D eigenvalue weighted by molar-refractivity contribution is 5.92. The second-order valence-corrected chi connectivity index (χ2v) is 9.25. The van der Waals surface area contributed by atoms with Gasteiger partial charge in [0.25, 0.3) is 0 Å². The van der Waals surface area contributed by atoms with Gasteiger partial charge in [0.1, 0.15) is 19.0 Å². The number of halogens is 4. The minimum absolute atomic E-state index is 0.0120. The van der Waals surface area contributed by atoms with E-state index in [-0.39, 0.29) is 25.1 Å². The summed E-state index contributed by atoms with van der Waals surface area (Å²) in [4.78, 5) is 22.5. The Hall–Kier alpha value is -3.87. The summed E-state index contributed by atoms with van der Waals surface area (Å²) in [5.41, 5.74) is 0.820. The van der Waals surface area contributed by atoms with Gasteiger partial charge < -0.3 is 9.64 Å². The van der Waals surface area contributed by atoms with Gasteiger partial charge in [-0.1, -0.05) is 6.07 Å². The Labute approximate surface area is 223 Å². The number of carbonyl (C=O) groups excluding carboxylic acids is 1. The average molecular weight is 548 g/mol. The van der Waals surface area contributed by atoms with E-state index in [1.165, 1.54) is 23.0 Å². The second kappa shape index (κ2) is 12.3. The Morgan fingerprint density at radius 1 is 1.18 bits per heavy atom. The number of amides is 1. The van der Waals surface area contributed by atoms with Crippen LogP contribution in [0.2, 0.25) is 0 Å². The Bertz CT molecular complexity index is 1290. The van der Waals surface area contributed by atoms with Crippen LogP contribution in [0, 0.1) is 6.92 Å². The fourth-order valence-corrected chi connectivity index (χ4v) is 4.36. The summed E-state index contributed by atoms with van der Waals surface area (Å²) in [6.45, 7) is 5.32. The lowest BCUT2D eigenvalue weighted by Crippen LogP contribution is -2.53. The van der Waals surface area contributed by atoms with Gasteiger partial charge in [-0.2, -0.15) is 18.0 Å². The number of tetrazole rings is 1. The normalized spacial score (nSPS) is 16.7. The molecule has 2 aromatic heterocycles. The van der Waals surface area contributed by atoms with Gasteiger partial charge >= 0.3 is 6.18 Å². The fraction of sp³-hybridized carbons (Fsp3) is 0.423. The Balaban J connectivity index is 1.39. The molecule has 1 saturated heterocycles. The number of piperazine rings is 1. The predicted octanol–water partition coefficient (Wildman–Crippen LogP) is 3.54. The van der Waals surface area contributed by atoms with Crippen LogP contribution < -0.4 is 4.74 Å².